The van der Waals surface area contributed by atoms with Crippen LogP contribution >= 0.6 is 11.6 Å². The molecular weight excluding hydrogens is 396 g/mol. The summed E-state index contributed by atoms with van der Waals surface area (Å²) in [6.45, 7) is 2.53. The highest BCUT2D eigenvalue weighted by Gasteiger charge is 2.19. The minimum Gasteiger partial charge on any atom is -0.356 e. The van der Waals surface area contributed by atoms with Crippen molar-refractivity contribution in [3.8, 4) is 0 Å². The van der Waals surface area contributed by atoms with Crippen molar-refractivity contribution in [1.29, 1.82) is 0 Å². The summed E-state index contributed by atoms with van der Waals surface area (Å²) in [6.07, 6.45) is 4.92. The molecule has 2 amide bonds. The Labute approximate surface area is 186 Å². The second-order valence-corrected chi connectivity index (χ2v) is 7.48. The van der Waals surface area contributed by atoms with Crippen molar-refractivity contribution in [2.24, 2.45) is 0 Å². The first-order valence-corrected chi connectivity index (χ1v) is 10.9. The zero-order chi connectivity index (χ0) is 20.7. The van der Waals surface area contributed by atoms with Gasteiger partial charge in [0.2, 0.25) is 11.8 Å². The summed E-state index contributed by atoms with van der Waals surface area (Å²) in [4.78, 5) is 24.5. The number of carbonyl (C=O) groups is 2. The zero-order valence-corrected chi connectivity index (χ0v) is 17.7. The molecule has 1 aliphatic rings. The van der Waals surface area contributed by atoms with Gasteiger partial charge in [0.1, 0.15) is 0 Å². The maximum atomic E-state index is 11.3. The number of benzene rings is 2. The Morgan fingerprint density at radius 2 is 1.57 bits per heavy atom. The molecule has 1 saturated heterocycles. The lowest BCUT2D eigenvalue weighted by Crippen LogP contribution is -2.26. The summed E-state index contributed by atoms with van der Waals surface area (Å²) >= 11 is 5.50. The molecule has 0 bridgehead atoms. The van der Waals surface area contributed by atoms with E-state index < -0.39 is 0 Å². The molecule has 0 radical (unpaired) electrons. The van der Waals surface area contributed by atoms with Gasteiger partial charge in [-0.25, -0.2) is 0 Å². The van der Waals surface area contributed by atoms with Crippen LogP contribution in [-0.2, 0) is 22.4 Å². The molecule has 0 atom stereocenters. The standard InChI is InChI=1S/C12H16ClNO.C12H15NO.CH4/c13-9-4-7-12(15)14-10-8-11-5-2-1-3-6-11;14-12-7-4-9-13(12)10-8-11-5-2-1-3-6-11;/h1-3,5-6H,4,7-10H2,(H,14,15);1-3,5-6H,4,7-10H2;1H4. The maximum Gasteiger partial charge on any atom is 0.222 e. The van der Waals surface area contributed by atoms with Crippen molar-refractivity contribution in [3.05, 3.63) is 71.8 Å². The quantitative estimate of drug-likeness (QED) is 0.578. The van der Waals surface area contributed by atoms with Gasteiger partial charge in [0.15, 0.2) is 0 Å². The van der Waals surface area contributed by atoms with Crippen LogP contribution in [-0.4, -0.2) is 42.2 Å². The average Bonchev–Trinajstić information content (AvgIpc) is 3.17. The first-order chi connectivity index (χ1) is 14.2. The number of amides is 2. The van der Waals surface area contributed by atoms with Crippen LogP contribution in [0.2, 0.25) is 0 Å². The van der Waals surface area contributed by atoms with E-state index in [1.807, 2.05) is 41.3 Å². The number of alkyl halides is 1. The van der Waals surface area contributed by atoms with Gasteiger partial charge in [-0.2, -0.15) is 0 Å². The summed E-state index contributed by atoms with van der Waals surface area (Å²) in [5.41, 5.74) is 2.56. The van der Waals surface area contributed by atoms with E-state index in [1.54, 1.807) is 0 Å². The molecule has 1 fully saturated rings. The minimum atomic E-state index is 0. The fourth-order valence-corrected chi connectivity index (χ4v) is 3.29. The highest BCUT2D eigenvalue weighted by Crippen LogP contribution is 2.10. The van der Waals surface area contributed by atoms with Gasteiger partial charge in [0.25, 0.3) is 0 Å². The minimum absolute atomic E-state index is 0. The molecule has 2 aromatic carbocycles. The van der Waals surface area contributed by atoms with E-state index in [-0.39, 0.29) is 13.3 Å². The first-order valence-electron chi connectivity index (χ1n) is 10.4. The molecule has 0 spiro atoms. The second-order valence-electron chi connectivity index (χ2n) is 7.10. The van der Waals surface area contributed by atoms with Crippen molar-refractivity contribution in [2.45, 2.75) is 46.0 Å². The fraction of sp³-hybridized carbons (Fsp3) is 0.440. The Morgan fingerprint density at radius 3 is 2.10 bits per heavy atom. The van der Waals surface area contributed by atoms with Crippen LogP contribution < -0.4 is 5.32 Å². The van der Waals surface area contributed by atoms with E-state index >= 15 is 0 Å². The van der Waals surface area contributed by atoms with Crippen molar-refractivity contribution >= 4 is 23.4 Å². The normalized spacial score (nSPS) is 12.6. The Morgan fingerprint density at radius 1 is 0.967 bits per heavy atom. The predicted molar refractivity (Wildman–Crippen MR) is 126 cm³/mol. The van der Waals surface area contributed by atoms with E-state index in [9.17, 15) is 9.59 Å². The average molecular weight is 431 g/mol. The molecule has 0 aliphatic carbocycles. The molecule has 0 unspecified atom stereocenters. The molecule has 4 nitrogen and oxygen atoms in total. The van der Waals surface area contributed by atoms with Crippen molar-refractivity contribution < 1.29 is 9.59 Å². The maximum absolute atomic E-state index is 11.3. The van der Waals surface area contributed by atoms with Gasteiger partial charge < -0.3 is 10.2 Å². The van der Waals surface area contributed by atoms with Gasteiger partial charge in [-0.05, 0) is 36.8 Å². The van der Waals surface area contributed by atoms with E-state index in [1.165, 1.54) is 11.1 Å². The van der Waals surface area contributed by atoms with E-state index in [0.717, 1.165) is 45.2 Å². The second kappa shape index (κ2) is 15.5. The Bertz CT molecular complexity index is 722. The van der Waals surface area contributed by atoms with Crippen LogP contribution in [0.5, 0.6) is 0 Å². The van der Waals surface area contributed by atoms with Crippen molar-refractivity contribution in [2.75, 3.05) is 25.5 Å². The number of likely N-dealkylation sites (tertiary alicyclic amines) is 1. The lowest BCUT2D eigenvalue weighted by Gasteiger charge is -2.14. The number of carbonyl (C=O) groups excluding carboxylic acids is 2. The number of hydrogen-bond donors (Lipinski definition) is 1. The van der Waals surface area contributed by atoms with Gasteiger partial charge in [0, 0.05) is 38.4 Å². The molecule has 1 N–H and O–H groups in total. The summed E-state index contributed by atoms with van der Waals surface area (Å²) in [5.74, 6) is 0.957. The predicted octanol–water partition coefficient (Wildman–Crippen LogP) is 4.85. The van der Waals surface area contributed by atoms with Gasteiger partial charge in [0.05, 0.1) is 0 Å². The third kappa shape index (κ3) is 10.4. The molecule has 1 heterocycles. The fourth-order valence-electron chi connectivity index (χ4n) is 3.16. The smallest absolute Gasteiger partial charge is 0.222 e. The number of nitrogens with zero attached hydrogens (tertiary/aromatic N) is 1. The Kier molecular flexibility index (Phi) is 13.3. The molecule has 5 heteroatoms. The molecule has 3 rings (SSSR count). The summed E-state index contributed by atoms with van der Waals surface area (Å²) < 4.78 is 0. The molecule has 164 valence electrons. The van der Waals surface area contributed by atoms with Crippen LogP contribution in [0.4, 0.5) is 0 Å². The number of nitrogens with one attached hydrogen (secondary N) is 1. The van der Waals surface area contributed by atoms with E-state index in [4.69, 9.17) is 11.6 Å². The number of rotatable bonds is 9. The van der Waals surface area contributed by atoms with Crippen molar-refractivity contribution in [1.82, 2.24) is 10.2 Å². The molecule has 1 aliphatic heterocycles. The molecule has 2 aromatic rings. The van der Waals surface area contributed by atoms with Crippen LogP contribution in [0.25, 0.3) is 0 Å². The Hall–Kier alpha value is -2.33. The van der Waals surface area contributed by atoms with Gasteiger partial charge >= 0.3 is 0 Å². The molecular formula is C25H35ClN2O2. The third-order valence-electron chi connectivity index (χ3n) is 4.80. The van der Waals surface area contributed by atoms with Gasteiger partial charge in [-0.15, -0.1) is 11.6 Å². The molecule has 0 aromatic heterocycles. The summed E-state index contributed by atoms with van der Waals surface area (Å²) in [5, 5.41) is 2.87. The van der Waals surface area contributed by atoms with Crippen LogP contribution in [0, 0.1) is 0 Å². The largest absolute Gasteiger partial charge is 0.356 e. The lowest BCUT2D eigenvalue weighted by molar-refractivity contribution is -0.127. The van der Waals surface area contributed by atoms with E-state index in [0.29, 0.717) is 24.8 Å². The third-order valence-corrected chi connectivity index (χ3v) is 5.07. The lowest BCUT2D eigenvalue weighted by atomic mass is 10.1. The zero-order valence-electron chi connectivity index (χ0n) is 17.0. The summed E-state index contributed by atoms with van der Waals surface area (Å²) in [6, 6.07) is 20.4. The molecule has 30 heavy (non-hydrogen) atoms. The highest BCUT2D eigenvalue weighted by atomic mass is 35.5. The van der Waals surface area contributed by atoms with Crippen LogP contribution in [0.1, 0.15) is 44.2 Å². The summed E-state index contributed by atoms with van der Waals surface area (Å²) in [7, 11) is 0. The van der Waals surface area contributed by atoms with Crippen molar-refractivity contribution in [3.63, 3.8) is 0 Å². The van der Waals surface area contributed by atoms with Crippen LogP contribution in [0.15, 0.2) is 60.7 Å². The monoisotopic (exact) mass is 430 g/mol. The van der Waals surface area contributed by atoms with Gasteiger partial charge in [-0.3, -0.25) is 9.59 Å². The van der Waals surface area contributed by atoms with Crippen LogP contribution in [0.3, 0.4) is 0 Å². The SMILES string of the molecule is C.O=C(CCCCl)NCCc1ccccc1.O=C1CCCN1CCc1ccccc1. The first kappa shape index (κ1) is 25.7. The number of hydrogen-bond acceptors (Lipinski definition) is 2. The topological polar surface area (TPSA) is 49.4 Å². The Balaban J connectivity index is 0.000000291. The molecule has 0 saturated carbocycles. The van der Waals surface area contributed by atoms with E-state index in [2.05, 4.69) is 29.6 Å². The highest BCUT2D eigenvalue weighted by molar-refractivity contribution is 6.17. The number of halogens is 1. The van der Waals surface area contributed by atoms with Gasteiger partial charge in [-0.1, -0.05) is 68.1 Å².